The summed E-state index contributed by atoms with van der Waals surface area (Å²) in [5.74, 6) is -1.62. The molecule has 8 nitrogen and oxygen atoms in total. The number of rotatable bonds is 5. The summed E-state index contributed by atoms with van der Waals surface area (Å²) in [5, 5.41) is 11.2. The van der Waals surface area contributed by atoms with E-state index in [1.54, 1.807) is 13.8 Å². The number of aromatic nitrogens is 2. The summed E-state index contributed by atoms with van der Waals surface area (Å²) < 4.78 is 1.08. The Morgan fingerprint density at radius 1 is 1.40 bits per heavy atom. The van der Waals surface area contributed by atoms with Crippen LogP contribution in [0.3, 0.4) is 0 Å². The van der Waals surface area contributed by atoms with Crippen LogP contribution in [0.4, 0.5) is 0 Å². The Morgan fingerprint density at radius 3 is 2.55 bits per heavy atom. The van der Waals surface area contributed by atoms with Gasteiger partial charge in [0, 0.05) is 25.2 Å². The molecule has 0 spiro atoms. The highest BCUT2D eigenvalue weighted by Gasteiger charge is 2.23. The van der Waals surface area contributed by atoms with Crippen LogP contribution >= 0.6 is 0 Å². The molecule has 0 aliphatic carbocycles. The number of nitrogens with zero attached hydrogens (tertiary/aromatic N) is 1. The van der Waals surface area contributed by atoms with Crippen LogP contribution in [0.2, 0.25) is 0 Å². The number of amides is 1. The number of carboxylic acids is 1. The van der Waals surface area contributed by atoms with Crippen LogP contribution in [-0.4, -0.2) is 32.1 Å². The van der Waals surface area contributed by atoms with Crippen LogP contribution in [0, 0.1) is 0 Å². The van der Waals surface area contributed by atoms with E-state index in [1.165, 1.54) is 7.05 Å². The van der Waals surface area contributed by atoms with Gasteiger partial charge in [-0.15, -0.1) is 0 Å². The van der Waals surface area contributed by atoms with Crippen LogP contribution in [0.15, 0.2) is 15.8 Å². The highest BCUT2D eigenvalue weighted by molar-refractivity contribution is 5.94. The molecule has 0 aliphatic rings. The molecule has 1 aromatic heterocycles. The van der Waals surface area contributed by atoms with Gasteiger partial charge in [0.15, 0.2) is 0 Å². The van der Waals surface area contributed by atoms with Crippen molar-refractivity contribution in [3.63, 3.8) is 0 Å². The fraction of sp³-hybridized carbons (Fsp3) is 0.500. The van der Waals surface area contributed by atoms with Gasteiger partial charge in [0.25, 0.3) is 11.5 Å². The van der Waals surface area contributed by atoms with Gasteiger partial charge in [-0.1, -0.05) is 0 Å². The summed E-state index contributed by atoms with van der Waals surface area (Å²) in [6.45, 7) is 3.31. The van der Waals surface area contributed by atoms with Gasteiger partial charge < -0.3 is 15.0 Å². The Labute approximate surface area is 114 Å². The third kappa shape index (κ3) is 4.08. The molecule has 0 fully saturated rings. The van der Waals surface area contributed by atoms with Crippen LogP contribution in [0.5, 0.6) is 0 Å². The molecule has 0 aliphatic heterocycles. The monoisotopic (exact) mass is 283 g/mol. The molecule has 3 N–H and O–H groups in total. The lowest BCUT2D eigenvalue weighted by atomic mass is 9.98. The summed E-state index contributed by atoms with van der Waals surface area (Å²) in [6, 6.07) is 0. The maximum absolute atomic E-state index is 12.0. The van der Waals surface area contributed by atoms with Gasteiger partial charge in [0.1, 0.15) is 5.56 Å². The summed E-state index contributed by atoms with van der Waals surface area (Å²) in [6.07, 6.45) is 1.26. The van der Waals surface area contributed by atoms with Gasteiger partial charge in [0.05, 0.1) is 0 Å². The standard InChI is InChI=1S/C12H17N3O5/c1-12(2,5-4-8(16)17)14-10(19)7-6-15(3)11(20)13-9(7)18/h6H,4-5H2,1-3H3,(H,14,19)(H,16,17)(H,13,18,20). The molecule has 1 heterocycles. The molecule has 1 amide bonds. The lowest BCUT2D eigenvalue weighted by Crippen LogP contribution is -2.46. The van der Waals surface area contributed by atoms with Gasteiger partial charge in [-0.2, -0.15) is 0 Å². The Kier molecular flexibility index (Phi) is 4.49. The second-order valence-electron chi connectivity index (χ2n) is 5.14. The highest BCUT2D eigenvalue weighted by Crippen LogP contribution is 2.11. The number of hydrogen-bond donors (Lipinski definition) is 3. The van der Waals surface area contributed by atoms with E-state index < -0.39 is 28.7 Å². The molecule has 0 saturated carbocycles. The van der Waals surface area contributed by atoms with Crippen molar-refractivity contribution in [3.05, 3.63) is 32.6 Å². The first-order valence-electron chi connectivity index (χ1n) is 5.96. The average molecular weight is 283 g/mol. The zero-order valence-corrected chi connectivity index (χ0v) is 11.5. The lowest BCUT2D eigenvalue weighted by Gasteiger charge is -2.25. The SMILES string of the molecule is Cn1cc(C(=O)NC(C)(C)CCC(=O)O)c(=O)[nH]c1=O. The average Bonchev–Trinajstić information content (AvgIpc) is 2.30. The minimum Gasteiger partial charge on any atom is -0.481 e. The van der Waals surface area contributed by atoms with E-state index >= 15 is 0 Å². The predicted molar refractivity (Wildman–Crippen MR) is 70.7 cm³/mol. The molecule has 8 heteroatoms. The van der Waals surface area contributed by atoms with Crippen molar-refractivity contribution in [1.82, 2.24) is 14.9 Å². The van der Waals surface area contributed by atoms with E-state index in [0.29, 0.717) is 0 Å². The summed E-state index contributed by atoms with van der Waals surface area (Å²) in [7, 11) is 1.41. The lowest BCUT2D eigenvalue weighted by molar-refractivity contribution is -0.137. The van der Waals surface area contributed by atoms with Crippen LogP contribution < -0.4 is 16.6 Å². The van der Waals surface area contributed by atoms with E-state index in [0.717, 1.165) is 10.8 Å². The van der Waals surface area contributed by atoms with Crippen molar-refractivity contribution >= 4 is 11.9 Å². The number of hydrogen-bond acceptors (Lipinski definition) is 4. The van der Waals surface area contributed by atoms with E-state index in [9.17, 15) is 19.2 Å². The zero-order valence-electron chi connectivity index (χ0n) is 11.5. The van der Waals surface area contributed by atoms with E-state index in [1.807, 2.05) is 4.98 Å². The maximum atomic E-state index is 12.0. The van der Waals surface area contributed by atoms with E-state index in [2.05, 4.69) is 5.32 Å². The molecule has 110 valence electrons. The largest absolute Gasteiger partial charge is 0.481 e. The number of aryl methyl sites for hydroxylation is 1. The number of carbonyl (C=O) groups is 2. The molecule has 0 aromatic carbocycles. The first-order valence-corrected chi connectivity index (χ1v) is 5.96. The minimum absolute atomic E-state index is 0.100. The molecular formula is C12H17N3O5. The number of aromatic amines is 1. The minimum atomic E-state index is -0.965. The second kappa shape index (κ2) is 5.72. The molecule has 0 bridgehead atoms. The number of nitrogens with one attached hydrogen (secondary N) is 2. The molecule has 20 heavy (non-hydrogen) atoms. The van der Waals surface area contributed by atoms with Crippen LogP contribution in [0.25, 0.3) is 0 Å². The number of carbonyl (C=O) groups excluding carboxylic acids is 1. The van der Waals surface area contributed by atoms with Gasteiger partial charge in [-0.05, 0) is 20.3 Å². The van der Waals surface area contributed by atoms with Crippen molar-refractivity contribution in [2.75, 3.05) is 0 Å². The summed E-state index contributed by atoms with van der Waals surface area (Å²) in [4.78, 5) is 47.3. The molecule has 1 rings (SSSR count). The third-order valence-electron chi connectivity index (χ3n) is 2.77. The molecule has 0 radical (unpaired) electrons. The Bertz CT molecular complexity index is 641. The summed E-state index contributed by atoms with van der Waals surface area (Å²) >= 11 is 0. The molecule has 1 aromatic rings. The van der Waals surface area contributed by atoms with E-state index in [-0.39, 0.29) is 18.4 Å². The molecule has 0 atom stereocenters. The fourth-order valence-corrected chi connectivity index (χ4v) is 1.58. The van der Waals surface area contributed by atoms with Gasteiger partial charge in [0.2, 0.25) is 0 Å². The van der Waals surface area contributed by atoms with Crippen molar-refractivity contribution in [1.29, 1.82) is 0 Å². The molecule has 0 unspecified atom stereocenters. The van der Waals surface area contributed by atoms with E-state index in [4.69, 9.17) is 5.11 Å². The Morgan fingerprint density at radius 2 is 2.00 bits per heavy atom. The second-order valence-corrected chi connectivity index (χ2v) is 5.14. The van der Waals surface area contributed by atoms with Gasteiger partial charge in [-0.25, -0.2) is 4.79 Å². The number of aliphatic carboxylic acids is 1. The number of carboxylic acid groups (broad SMARTS) is 1. The zero-order chi connectivity index (χ0) is 15.5. The molecule has 0 saturated heterocycles. The van der Waals surface area contributed by atoms with Crippen molar-refractivity contribution < 1.29 is 14.7 Å². The third-order valence-corrected chi connectivity index (χ3v) is 2.77. The Hall–Kier alpha value is -2.38. The van der Waals surface area contributed by atoms with Crippen molar-refractivity contribution in [2.24, 2.45) is 7.05 Å². The quantitative estimate of drug-likeness (QED) is 0.669. The normalized spacial score (nSPS) is 11.2. The Balaban J connectivity index is 2.91. The van der Waals surface area contributed by atoms with Crippen molar-refractivity contribution in [3.8, 4) is 0 Å². The van der Waals surface area contributed by atoms with Crippen molar-refractivity contribution in [2.45, 2.75) is 32.2 Å². The van der Waals surface area contributed by atoms with Gasteiger partial charge >= 0.3 is 11.7 Å². The first-order chi connectivity index (χ1) is 9.12. The highest BCUT2D eigenvalue weighted by atomic mass is 16.4. The fourth-order valence-electron chi connectivity index (χ4n) is 1.58. The van der Waals surface area contributed by atoms with Crippen LogP contribution in [0.1, 0.15) is 37.0 Å². The first kappa shape index (κ1) is 15.7. The van der Waals surface area contributed by atoms with Crippen LogP contribution in [-0.2, 0) is 11.8 Å². The van der Waals surface area contributed by atoms with Gasteiger partial charge in [-0.3, -0.25) is 19.4 Å². The maximum Gasteiger partial charge on any atom is 0.328 e. The topological polar surface area (TPSA) is 121 Å². The number of H-pyrrole nitrogens is 1. The molecular weight excluding hydrogens is 266 g/mol. The predicted octanol–water partition coefficient (Wildman–Crippen LogP) is -0.553. The summed E-state index contributed by atoms with van der Waals surface area (Å²) in [5.41, 5.74) is -2.37. The smallest absolute Gasteiger partial charge is 0.328 e.